The van der Waals surface area contributed by atoms with E-state index in [1.54, 1.807) is 6.20 Å². The molecule has 10 heteroatoms. The van der Waals surface area contributed by atoms with Gasteiger partial charge in [-0.3, -0.25) is 14.7 Å². The van der Waals surface area contributed by atoms with Crippen molar-refractivity contribution in [3.05, 3.63) is 30.1 Å². The predicted molar refractivity (Wildman–Crippen MR) is 117 cm³/mol. The van der Waals surface area contributed by atoms with Crippen LogP contribution in [0.1, 0.15) is 49.0 Å². The zero-order chi connectivity index (χ0) is 24.3. The minimum Gasteiger partial charge on any atom is -0.475 e. The number of ether oxygens (including phenoxy) is 1. The van der Waals surface area contributed by atoms with E-state index in [-0.39, 0.29) is 11.4 Å². The lowest BCUT2D eigenvalue weighted by Gasteiger charge is -2.59. The summed E-state index contributed by atoms with van der Waals surface area (Å²) in [4.78, 5) is 30.6. The molecule has 2 aliphatic heterocycles. The van der Waals surface area contributed by atoms with Crippen molar-refractivity contribution in [2.45, 2.75) is 50.2 Å². The first-order valence-corrected chi connectivity index (χ1v) is 12.0. The Hall–Kier alpha value is -2.20. The molecule has 0 bridgehead atoms. The van der Waals surface area contributed by atoms with Crippen molar-refractivity contribution in [2.24, 2.45) is 17.8 Å². The van der Waals surface area contributed by atoms with Crippen molar-refractivity contribution in [1.82, 2.24) is 14.8 Å². The van der Waals surface area contributed by atoms with Crippen LogP contribution in [0.2, 0.25) is 0 Å². The Labute approximate surface area is 197 Å². The maximum Gasteiger partial charge on any atom is 0.490 e. The Balaban J connectivity index is 0.000000344. The molecular weight excluding hydrogens is 451 g/mol. The predicted octanol–water partition coefficient (Wildman–Crippen LogP) is 3.46. The number of hydrogen-bond donors (Lipinski definition) is 1. The van der Waals surface area contributed by atoms with Gasteiger partial charge in [0.2, 0.25) is 0 Å². The summed E-state index contributed by atoms with van der Waals surface area (Å²) in [5, 5.41) is 7.12. The van der Waals surface area contributed by atoms with Gasteiger partial charge in [0.15, 0.2) is 0 Å². The molecule has 1 N–H and O–H groups in total. The Morgan fingerprint density at radius 3 is 2.26 bits per heavy atom. The molecule has 2 saturated carbocycles. The number of rotatable bonds is 7. The Morgan fingerprint density at radius 2 is 1.71 bits per heavy atom. The van der Waals surface area contributed by atoms with Crippen LogP contribution in [0, 0.1) is 17.8 Å². The number of halogens is 3. The quantitative estimate of drug-likeness (QED) is 0.640. The first-order chi connectivity index (χ1) is 16.2. The van der Waals surface area contributed by atoms with Gasteiger partial charge in [-0.05, 0) is 75.0 Å². The summed E-state index contributed by atoms with van der Waals surface area (Å²) in [7, 11) is 0. The molecule has 4 aliphatic rings. The molecular formula is C24H32F3N3O4. The first kappa shape index (κ1) is 24.9. The molecule has 2 aliphatic carbocycles. The highest BCUT2D eigenvalue weighted by Crippen LogP contribution is 2.42. The monoisotopic (exact) mass is 483 g/mol. The largest absolute Gasteiger partial charge is 0.490 e. The molecule has 1 unspecified atom stereocenters. The van der Waals surface area contributed by atoms with Gasteiger partial charge in [-0.15, -0.1) is 0 Å². The van der Waals surface area contributed by atoms with Crippen molar-refractivity contribution in [3.63, 3.8) is 0 Å². The summed E-state index contributed by atoms with van der Waals surface area (Å²) < 4.78 is 37.8. The lowest BCUT2D eigenvalue weighted by Crippen LogP contribution is -2.73. The van der Waals surface area contributed by atoms with Gasteiger partial charge in [0, 0.05) is 39.0 Å². The van der Waals surface area contributed by atoms with E-state index >= 15 is 0 Å². The molecule has 4 fully saturated rings. The second-order valence-corrected chi connectivity index (χ2v) is 10.1. The Kier molecular flexibility index (Phi) is 7.47. The first-order valence-electron chi connectivity index (χ1n) is 12.0. The maximum absolute atomic E-state index is 12.7. The summed E-state index contributed by atoms with van der Waals surface area (Å²) in [5.74, 6) is -0.298. The number of carbonyl (C=O) groups excluding carboxylic acids is 1. The molecule has 1 spiro atoms. The normalized spacial score (nSPS) is 24.2. The van der Waals surface area contributed by atoms with E-state index in [0.29, 0.717) is 11.6 Å². The SMILES string of the molecule is O=C(O)C(F)(F)F.O=C(c1ccccn1)N1CC2(CC(COCC3CC3)CCN2CC2CC2)C1. The van der Waals surface area contributed by atoms with Crippen LogP contribution in [0.4, 0.5) is 13.2 Å². The fourth-order valence-corrected chi connectivity index (χ4v) is 4.86. The van der Waals surface area contributed by atoms with Gasteiger partial charge in [0.1, 0.15) is 5.69 Å². The van der Waals surface area contributed by atoms with Crippen LogP contribution >= 0.6 is 0 Å². The Morgan fingerprint density at radius 1 is 1.06 bits per heavy atom. The number of aromatic nitrogens is 1. The average molecular weight is 484 g/mol. The Bertz CT molecular complexity index is 853. The number of nitrogens with zero attached hydrogens (tertiary/aromatic N) is 3. The van der Waals surface area contributed by atoms with Gasteiger partial charge in [0.25, 0.3) is 5.91 Å². The molecule has 1 aromatic rings. The number of aliphatic carboxylic acids is 1. The van der Waals surface area contributed by atoms with Crippen LogP contribution in [0.3, 0.4) is 0 Å². The molecule has 1 atom stereocenters. The zero-order valence-electron chi connectivity index (χ0n) is 19.2. The number of piperidine rings is 1. The molecule has 7 nitrogen and oxygen atoms in total. The maximum atomic E-state index is 12.7. The summed E-state index contributed by atoms with van der Waals surface area (Å²) in [6.45, 7) is 5.96. The molecule has 188 valence electrons. The smallest absolute Gasteiger partial charge is 0.475 e. The highest BCUT2D eigenvalue weighted by Gasteiger charge is 2.53. The van der Waals surface area contributed by atoms with Crippen LogP contribution in [-0.2, 0) is 9.53 Å². The minimum absolute atomic E-state index is 0.0831. The van der Waals surface area contributed by atoms with E-state index in [1.165, 1.54) is 51.6 Å². The zero-order valence-corrected chi connectivity index (χ0v) is 19.2. The minimum atomic E-state index is -5.08. The van der Waals surface area contributed by atoms with Gasteiger partial charge in [-0.1, -0.05) is 6.07 Å². The second-order valence-electron chi connectivity index (χ2n) is 10.1. The van der Waals surface area contributed by atoms with E-state index in [0.717, 1.165) is 38.1 Å². The van der Waals surface area contributed by atoms with Crippen molar-refractivity contribution in [2.75, 3.05) is 39.4 Å². The number of carbonyl (C=O) groups is 2. The fraction of sp³-hybridized carbons (Fsp3) is 0.708. The standard InChI is InChI=1S/C22H31N3O2.C2HF3O2/c26-21(20-3-1-2-9-23-20)24-15-22(16-24)11-19(14-27-13-18-6-7-18)8-10-25(22)12-17-4-5-17;3-2(4,5)1(6)7/h1-3,9,17-19H,4-8,10-16H2;(H,6,7). The van der Waals surface area contributed by atoms with Crippen molar-refractivity contribution < 1.29 is 32.6 Å². The number of hydrogen-bond acceptors (Lipinski definition) is 5. The number of pyridine rings is 1. The number of alkyl halides is 3. The van der Waals surface area contributed by atoms with E-state index in [2.05, 4.69) is 9.88 Å². The molecule has 1 aromatic heterocycles. The van der Waals surface area contributed by atoms with Gasteiger partial charge in [0.05, 0.1) is 5.54 Å². The van der Waals surface area contributed by atoms with E-state index in [1.807, 2.05) is 23.1 Å². The van der Waals surface area contributed by atoms with Crippen molar-refractivity contribution >= 4 is 11.9 Å². The number of carboxylic acid groups (broad SMARTS) is 1. The van der Waals surface area contributed by atoms with Gasteiger partial charge >= 0.3 is 12.1 Å². The van der Waals surface area contributed by atoms with Crippen LogP contribution in [0.5, 0.6) is 0 Å². The molecule has 1 amide bonds. The molecule has 5 rings (SSSR count). The van der Waals surface area contributed by atoms with E-state index < -0.39 is 12.1 Å². The lowest BCUT2D eigenvalue weighted by molar-refractivity contribution is -0.192. The third kappa shape index (κ3) is 6.47. The van der Waals surface area contributed by atoms with Crippen molar-refractivity contribution in [1.29, 1.82) is 0 Å². The fourth-order valence-electron chi connectivity index (χ4n) is 4.86. The lowest BCUT2D eigenvalue weighted by atomic mass is 9.74. The van der Waals surface area contributed by atoms with Gasteiger partial charge < -0.3 is 14.7 Å². The van der Waals surface area contributed by atoms with Crippen molar-refractivity contribution in [3.8, 4) is 0 Å². The number of likely N-dealkylation sites (tertiary alicyclic amines) is 2. The highest BCUT2D eigenvalue weighted by atomic mass is 19.4. The summed E-state index contributed by atoms with van der Waals surface area (Å²) in [6, 6.07) is 5.58. The van der Waals surface area contributed by atoms with Crippen LogP contribution in [-0.4, -0.2) is 82.9 Å². The third-order valence-electron chi connectivity index (χ3n) is 7.11. The van der Waals surface area contributed by atoms with Crippen LogP contribution < -0.4 is 0 Å². The molecule has 34 heavy (non-hydrogen) atoms. The van der Waals surface area contributed by atoms with Gasteiger partial charge in [-0.25, -0.2) is 4.79 Å². The highest BCUT2D eigenvalue weighted by molar-refractivity contribution is 5.93. The topological polar surface area (TPSA) is 83.0 Å². The summed E-state index contributed by atoms with van der Waals surface area (Å²) in [6.07, 6.45) is 4.52. The van der Waals surface area contributed by atoms with E-state index in [4.69, 9.17) is 14.6 Å². The van der Waals surface area contributed by atoms with E-state index in [9.17, 15) is 18.0 Å². The van der Waals surface area contributed by atoms with Gasteiger partial charge in [-0.2, -0.15) is 13.2 Å². The summed E-state index contributed by atoms with van der Waals surface area (Å²) >= 11 is 0. The second kappa shape index (κ2) is 10.2. The molecule has 0 radical (unpaired) electrons. The summed E-state index contributed by atoms with van der Waals surface area (Å²) in [5.41, 5.74) is 0.750. The molecule has 2 saturated heterocycles. The number of carboxylic acids is 1. The average Bonchev–Trinajstić information content (AvgIpc) is 3.69. The molecule has 0 aromatic carbocycles. The van der Waals surface area contributed by atoms with Crippen LogP contribution in [0.25, 0.3) is 0 Å². The number of amides is 1. The molecule has 3 heterocycles. The van der Waals surface area contributed by atoms with Crippen LogP contribution in [0.15, 0.2) is 24.4 Å². The third-order valence-corrected chi connectivity index (χ3v) is 7.11.